The number of nitrogens with one attached hydrogen (secondary N) is 1. The van der Waals surface area contributed by atoms with Crippen molar-refractivity contribution < 1.29 is 4.74 Å². The van der Waals surface area contributed by atoms with E-state index >= 15 is 0 Å². The van der Waals surface area contributed by atoms with E-state index in [4.69, 9.17) is 15.9 Å². The average Bonchev–Trinajstić information content (AvgIpc) is 2.33. The highest BCUT2D eigenvalue weighted by atomic mass is 79.9. The summed E-state index contributed by atoms with van der Waals surface area (Å²) in [6.45, 7) is 0. The van der Waals surface area contributed by atoms with E-state index in [-0.39, 0.29) is 11.7 Å². The number of nitrogens with zero attached hydrogens (tertiary/aromatic N) is 2. The lowest BCUT2D eigenvalue weighted by atomic mass is 10.3. The topological polar surface area (TPSA) is 84.9 Å². The molecule has 92 valence electrons. The van der Waals surface area contributed by atoms with Gasteiger partial charge in [-0.05, 0) is 40.2 Å². The van der Waals surface area contributed by atoms with Gasteiger partial charge in [0.1, 0.15) is 11.6 Å². The minimum atomic E-state index is -0.117. The van der Waals surface area contributed by atoms with Gasteiger partial charge in [0.15, 0.2) is 0 Å². The number of nitrogen functional groups attached to an aromatic ring is 1. The molecular formula is C11H8Br2N4O. The quantitative estimate of drug-likeness (QED) is 0.641. The second-order valence-corrected chi connectivity index (χ2v) is 5.11. The van der Waals surface area contributed by atoms with Crippen LogP contribution in [-0.4, -0.2) is 16.0 Å². The first kappa shape index (κ1) is 13.0. The molecule has 18 heavy (non-hydrogen) atoms. The van der Waals surface area contributed by atoms with Crippen LogP contribution < -0.4 is 10.5 Å². The van der Waals surface area contributed by atoms with E-state index in [1.165, 1.54) is 6.20 Å². The zero-order valence-electron chi connectivity index (χ0n) is 9.02. The van der Waals surface area contributed by atoms with Gasteiger partial charge in [-0.2, -0.15) is 5.10 Å². The molecular weight excluding hydrogens is 364 g/mol. The Morgan fingerprint density at radius 3 is 2.72 bits per heavy atom. The summed E-state index contributed by atoms with van der Waals surface area (Å²) in [5.74, 6) is 0.655. The molecule has 0 unspecified atom stereocenters. The summed E-state index contributed by atoms with van der Waals surface area (Å²) in [7, 11) is 0. The maximum Gasteiger partial charge on any atom is 0.249 e. The standard InChI is InChI=1S/C11H8Br2N4O/c12-6-1-2-9(8(13)5-6)18-11-7(10(14)15)3-4-16-17-11/h1-5H,(H3,14,15). The van der Waals surface area contributed by atoms with Crippen molar-refractivity contribution in [1.82, 2.24) is 10.2 Å². The minimum absolute atomic E-state index is 0.117. The summed E-state index contributed by atoms with van der Waals surface area (Å²) in [6.07, 6.45) is 1.46. The number of amidine groups is 1. The summed E-state index contributed by atoms with van der Waals surface area (Å²) in [5, 5.41) is 15.0. The fourth-order valence-electron chi connectivity index (χ4n) is 1.26. The van der Waals surface area contributed by atoms with Crippen LogP contribution in [0.1, 0.15) is 5.56 Å². The fraction of sp³-hybridized carbons (Fsp3) is 0. The Morgan fingerprint density at radius 1 is 1.28 bits per heavy atom. The molecule has 0 aliphatic carbocycles. The van der Waals surface area contributed by atoms with Crippen LogP contribution in [0, 0.1) is 5.41 Å². The molecule has 0 saturated heterocycles. The van der Waals surface area contributed by atoms with Crippen LogP contribution in [0.25, 0.3) is 0 Å². The zero-order valence-corrected chi connectivity index (χ0v) is 12.2. The lowest BCUT2D eigenvalue weighted by Gasteiger charge is -2.09. The van der Waals surface area contributed by atoms with Gasteiger partial charge < -0.3 is 10.5 Å². The third kappa shape index (κ3) is 2.85. The van der Waals surface area contributed by atoms with Gasteiger partial charge >= 0.3 is 0 Å². The monoisotopic (exact) mass is 370 g/mol. The van der Waals surface area contributed by atoms with Crippen molar-refractivity contribution in [3.63, 3.8) is 0 Å². The molecule has 0 aliphatic heterocycles. The van der Waals surface area contributed by atoms with Crippen LogP contribution in [-0.2, 0) is 0 Å². The zero-order chi connectivity index (χ0) is 13.1. The average molecular weight is 372 g/mol. The van der Waals surface area contributed by atoms with Crippen LogP contribution in [0.2, 0.25) is 0 Å². The highest BCUT2D eigenvalue weighted by molar-refractivity contribution is 9.11. The largest absolute Gasteiger partial charge is 0.436 e. The Bertz CT molecular complexity index is 603. The molecule has 1 aromatic heterocycles. The number of rotatable bonds is 3. The molecule has 0 bridgehead atoms. The molecule has 0 spiro atoms. The Labute approximate surface area is 120 Å². The maximum atomic E-state index is 7.44. The Kier molecular flexibility index (Phi) is 3.93. The lowest BCUT2D eigenvalue weighted by Crippen LogP contribution is -2.13. The van der Waals surface area contributed by atoms with Gasteiger partial charge in [0.2, 0.25) is 5.88 Å². The van der Waals surface area contributed by atoms with Crippen molar-refractivity contribution in [3.8, 4) is 11.6 Å². The predicted octanol–water partition coefficient (Wildman–Crippen LogP) is 3.08. The van der Waals surface area contributed by atoms with Gasteiger partial charge in [-0.1, -0.05) is 15.9 Å². The molecule has 0 aliphatic rings. The third-order valence-electron chi connectivity index (χ3n) is 2.08. The molecule has 0 atom stereocenters. The Balaban J connectivity index is 2.37. The minimum Gasteiger partial charge on any atom is -0.436 e. The summed E-state index contributed by atoms with van der Waals surface area (Å²) < 4.78 is 7.28. The van der Waals surface area contributed by atoms with E-state index in [1.807, 2.05) is 12.1 Å². The molecule has 0 fully saturated rings. The highest BCUT2D eigenvalue weighted by Gasteiger charge is 2.11. The third-order valence-corrected chi connectivity index (χ3v) is 3.19. The van der Waals surface area contributed by atoms with Crippen molar-refractivity contribution in [1.29, 1.82) is 5.41 Å². The van der Waals surface area contributed by atoms with Crippen LogP contribution in [0.15, 0.2) is 39.4 Å². The molecule has 2 rings (SSSR count). The fourth-order valence-corrected chi connectivity index (χ4v) is 2.39. The molecule has 5 nitrogen and oxygen atoms in total. The van der Waals surface area contributed by atoms with Crippen LogP contribution >= 0.6 is 31.9 Å². The van der Waals surface area contributed by atoms with Crippen molar-refractivity contribution >= 4 is 37.7 Å². The van der Waals surface area contributed by atoms with Crippen molar-refractivity contribution in [2.75, 3.05) is 0 Å². The van der Waals surface area contributed by atoms with E-state index in [0.717, 1.165) is 8.95 Å². The van der Waals surface area contributed by atoms with Gasteiger partial charge in [0.05, 0.1) is 16.2 Å². The van der Waals surface area contributed by atoms with E-state index in [2.05, 4.69) is 42.1 Å². The molecule has 7 heteroatoms. The summed E-state index contributed by atoms with van der Waals surface area (Å²) in [6, 6.07) is 7.03. The summed E-state index contributed by atoms with van der Waals surface area (Å²) >= 11 is 6.73. The highest BCUT2D eigenvalue weighted by Crippen LogP contribution is 2.32. The normalized spacial score (nSPS) is 10.1. The number of hydrogen-bond acceptors (Lipinski definition) is 4. The second-order valence-electron chi connectivity index (χ2n) is 3.34. The smallest absolute Gasteiger partial charge is 0.249 e. The van der Waals surface area contributed by atoms with Gasteiger partial charge in [-0.25, -0.2) is 0 Å². The first-order chi connectivity index (χ1) is 8.58. The molecule has 0 radical (unpaired) electrons. The number of halogens is 2. The predicted molar refractivity (Wildman–Crippen MR) is 75.0 cm³/mol. The molecule has 2 aromatic rings. The van der Waals surface area contributed by atoms with E-state index in [1.54, 1.807) is 12.1 Å². The Morgan fingerprint density at radius 2 is 2.06 bits per heavy atom. The second kappa shape index (κ2) is 5.45. The molecule has 1 aromatic carbocycles. The molecule has 0 saturated carbocycles. The summed E-state index contributed by atoms with van der Waals surface area (Å²) in [4.78, 5) is 0. The van der Waals surface area contributed by atoms with E-state index < -0.39 is 0 Å². The van der Waals surface area contributed by atoms with Crippen LogP contribution in [0.5, 0.6) is 11.6 Å². The van der Waals surface area contributed by atoms with Gasteiger partial charge in [0.25, 0.3) is 0 Å². The van der Waals surface area contributed by atoms with Gasteiger partial charge in [0, 0.05) is 4.47 Å². The van der Waals surface area contributed by atoms with E-state index in [0.29, 0.717) is 11.3 Å². The van der Waals surface area contributed by atoms with Crippen molar-refractivity contribution in [2.45, 2.75) is 0 Å². The Hall–Kier alpha value is -1.47. The first-order valence-electron chi connectivity index (χ1n) is 4.87. The number of hydrogen-bond donors (Lipinski definition) is 2. The molecule has 0 amide bonds. The van der Waals surface area contributed by atoms with E-state index in [9.17, 15) is 0 Å². The number of aromatic nitrogens is 2. The number of nitrogens with two attached hydrogens (primary N) is 1. The summed E-state index contributed by atoms with van der Waals surface area (Å²) in [5.41, 5.74) is 5.85. The number of benzene rings is 1. The molecule has 3 N–H and O–H groups in total. The van der Waals surface area contributed by atoms with Crippen molar-refractivity contribution in [2.24, 2.45) is 5.73 Å². The molecule has 1 heterocycles. The maximum absolute atomic E-state index is 7.44. The van der Waals surface area contributed by atoms with Crippen LogP contribution in [0.3, 0.4) is 0 Å². The van der Waals surface area contributed by atoms with Gasteiger partial charge in [-0.3, -0.25) is 5.41 Å². The van der Waals surface area contributed by atoms with Crippen LogP contribution in [0.4, 0.5) is 0 Å². The SMILES string of the molecule is N=C(N)c1ccnnc1Oc1ccc(Br)cc1Br. The lowest BCUT2D eigenvalue weighted by molar-refractivity contribution is 0.451. The number of ether oxygens (including phenoxy) is 1. The van der Waals surface area contributed by atoms with Gasteiger partial charge in [-0.15, -0.1) is 5.10 Å². The first-order valence-corrected chi connectivity index (χ1v) is 6.45. The van der Waals surface area contributed by atoms with Crippen molar-refractivity contribution in [3.05, 3.63) is 45.0 Å².